The van der Waals surface area contributed by atoms with E-state index in [9.17, 15) is 55.2 Å². The summed E-state index contributed by atoms with van der Waals surface area (Å²) < 4.78 is 49.2. The zero-order valence-corrected chi connectivity index (χ0v) is 47.6. The number of aliphatic hydroxyl groups is 7. The Morgan fingerprint density at radius 1 is 0.848 bits per heavy atom. The quantitative estimate of drug-likeness (QED) is 0.0386. The molecule has 19 atom stereocenters. The van der Waals surface area contributed by atoms with Crippen LogP contribution in [0.5, 0.6) is 5.75 Å². The first-order chi connectivity index (χ1) is 37.3. The van der Waals surface area contributed by atoms with E-state index in [1.54, 1.807) is 121 Å². The van der Waals surface area contributed by atoms with Gasteiger partial charge in [0.2, 0.25) is 11.7 Å². The number of carbonyl (C=O) groups excluding carboxylic acids is 2. The van der Waals surface area contributed by atoms with E-state index >= 15 is 0 Å². The SMILES string of the molecule is C/C=C\C=C\[C@@H]1O[C@](O)([C@H](CC)C(=O)NC/C=C/C=C(\C)[C@@H](OC)[C@@H](C)[C@H](O)[C@@H](O)/C=C/C=C/C=C/C=C(\C)C(=O)c2c(O)ccn(C)c2=O)[C@H](O)[C@H](O[C@H]2O[C@@H](C)[C@H](O[C@@H]3O[C@@H](C)[C@H](O)[C@@H](O)[C@H]3OC)[C@H](OC)[C@@H]2O)C1(C)C. The van der Waals surface area contributed by atoms with Crippen LogP contribution in [0.2, 0.25) is 0 Å². The largest absolute Gasteiger partial charge is 0.507 e. The molecule has 4 rings (SSSR count). The van der Waals surface area contributed by atoms with Crippen LogP contribution in [0.3, 0.4) is 0 Å². The van der Waals surface area contributed by atoms with Crippen LogP contribution < -0.4 is 10.9 Å². The smallest absolute Gasteiger partial charge is 0.265 e. The van der Waals surface area contributed by atoms with Crippen LogP contribution in [0.15, 0.2) is 113 Å². The Morgan fingerprint density at radius 2 is 1.49 bits per heavy atom. The second kappa shape index (κ2) is 30.3. The lowest BCUT2D eigenvalue weighted by Crippen LogP contribution is -2.71. The number of amides is 1. The fourth-order valence-electron chi connectivity index (χ4n) is 9.96. The number of carbonyl (C=O) groups is 2. The Bertz CT molecular complexity index is 2460. The highest BCUT2D eigenvalue weighted by Crippen LogP contribution is 2.47. The average Bonchev–Trinajstić information content (AvgIpc) is 3.59. The number of aryl methyl sites for hydroxylation is 1. The number of ether oxygens (including phenoxy) is 8. The summed E-state index contributed by atoms with van der Waals surface area (Å²) in [6.45, 7) is 15.2. The van der Waals surface area contributed by atoms with Gasteiger partial charge in [-0.3, -0.25) is 14.4 Å². The maximum atomic E-state index is 14.0. The summed E-state index contributed by atoms with van der Waals surface area (Å²) in [5, 5.41) is 92.3. The molecule has 21 heteroatoms. The lowest BCUT2D eigenvalue weighted by Gasteiger charge is -2.55. The number of allylic oxidation sites excluding steroid dienone is 12. The number of Topliss-reactive ketones (excluding diaryl/α,β-unsaturated/α-hetero) is 1. The summed E-state index contributed by atoms with van der Waals surface area (Å²) in [6, 6.07) is 1.27. The van der Waals surface area contributed by atoms with E-state index in [-0.39, 0.29) is 24.1 Å². The number of nitrogens with one attached hydrogen (secondary N) is 1. The number of pyridine rings is 1. The van der Waals surface area contributed by atoms with Crippen LogP contribution in [-0.4, -0.2) is 189 Å². The van der Waals surface area contributed by atoms with Gasteiger partial charge in [-0.05, 0) is 58.3 Å². The van der Waals surface area contributed by atoms with Crippen molar-refractivity contribution in [2.75, 3.05) is 27.9 Å². The van der Waals surface area contributed by atoms with E-state index in [1.165, 1.54) is 64.3 Å². The van der Waals surface area contributed by atoms with Gasteiger partial charge in [-0.1, -0.05) is 113 Å². The minimum Gasteiger partial charge on any atom is -0.507 e. The first-order valence-corrected chi connectivity index (χ1v) is 26.5. The Hall–Kier alpha value is -4.79. The number of aromatic hydroxyl groups is 1. The van der Waals surface area contributed by atoms with Gasteiger partial charge < -0.3 is 88.6 Å². The molecule has 9 N–H and O–H groups in total. The fraction of sp³-hybridized carbons (Fsp3) is 0.603. The van der Waals surface area contributed by atoms with E-state index in [4.69, 9.17) is 37.9 Å². The molecule has 3 aliphatic heterocycles. The summed E-state index contributed by atoms with van der Waals surface area (Å²) in [5.74, 6) is -6.11. The molecule has 3 aliphatic rings. The molecule has 4 heterocycles. The van der Waals surface area contributed by atoms with Gasteiger partial charge in [0, 0.05) is 52.5 Å². The molecule has 442 valence electrons. The van der Waals surface area contributed by atoms with Crippen LogP contribution in [-0.2, 0) is 49.7 Å². The molecule has 3 fully saturated rings. The van der Waals surface area contributed by atoms with Crippen LogP contribution in [0, 0.1) is 17.3 Å². The van der Waals surface area contributed by atoms with Gasteiger partial charge in [0.05, 0.1) is 48.6 Å². The summed E-state index contributed by atoms with van der Waals surface area (Å²) in [7, 11) is 5.64. The van der Waals surface area contributed by atoms with Crippen LogP contribution in [0.4, 0.5) is 0 Å². The van der Waals surface area contributed by atoms with Crippen molar-refractivity contribution in [1.29, 1.82) is 0 Å². The Balaban J connectivity index is 1.41. The number of aromatic nitrogens is 1. The van der Waals surface area contributed by atoms with Gasteiger partial charge >= 0.3 is 0 Å². The third-order valence-corrected chi connectivity index (χ3v) is 14.8. The molecular weight excluding hydrogens is 1030 g/mol. The molecule has 0 aromatic carbocycles. The van der Waals surface area contributed by atoms with Gasteiger partial charge in [-0.25, -0.2) is 0 Å². The number of rotatable bonds is 25. The first-order valence-electron chi connectivity index (χ1n) is 26.5. The monoisotopic (exact) mass is 1110 g/mol. The molecule has 1 aromatic heterocycles. The lowest BCUT2D eigenvalue weighted by atomic mass is 9.70. The third kappa shape index (κ3) is 16.0. The average molecular weight is 1120 g/mol. The minimum atomic E-state index is -2.54. The minimum absolute atomic E-state index is 0.00597. The first kappa shape index (κ1) is 66.7. The summed E-state index contributed by atoms with van der Waals surface area (Å²) in [4.78, 5) is 39.1. The van der Waals surface area contributed by atoms with Crippen LogP contribution >= 0.6 is 0 Å². The van der Waals surface area contributed by atoms with Gasteiger partial charge in [0.25, 0.3) is 5.56 Å². The molecule has 0 bridgehead atoms. The molecule has 3 saturated heterocycles. The predicted octanol–water partition coefficient (Wildman–Crippen LogP) is 2.89. The summed E-state index contributed by atoms with van der Waals surface area (Å²) >= 11 is 0. The van der Waals surface area contributed by atoms with Crippen LogP contribution in [0.1, 0.15) is 79.1 Å². The fourth-order valence-corrected chi connectivity index (χ4v) is 9.96. The van der Waals surface area contributed by atoms with Crippen molar-refractivity contribution in [2.45, 2.75) is 173 Å². The van der Waals surface area contributed by atoms with Crippen molar-refractivity contribution in [2.24, 2.45) is 24.3 Å². The summed E-state index contributed by atoms with van der Waals surface area (Å²) in [5.41, 5.74) is -1.13. The van der Waals surface area contributed by atoms with E-state index in [0.29, 0.717) is 5.57 Å². The van der Waals surface area contributed by atoms with Gasteiger partial charge in [0.15, 0.2) is 18.4 Å². The highest BCUT2D eigenvalue weighted by atomic mass is 16.8. The zero-order valence-electron chi connectivity index (χ0n) is 47.6. The van der Waals surface area contributed by atoms with Crippen molar-refractivity contribution in [3.05, 3.63) is 124 Å². The number of hydrogen-bond acceptors (Lipinski definition) is 19. The Labute approximate surface area is 463 Å². The molecule has 1 amide bonds. The van der Waals surface area contributed by atoms with Crippen molar-refractivity contribution < 1.29 is 88.3 Å². The number of hydrogen-bond donors (Lipinski definition) is 9. The van der Waals surface area contributed by atoms with Crippen molar-refractivity contribution in [1.82, 2.24) is 9.88 Å². The van der Waals surface area contributed by atoms with Crippen molar-refractivity contribution in [3.63, 3.8) is 0 Å². The van der Waals surface area contributed by atoms with Crippen molar-refractivity contribution in [3.8, 4) is 5.75 Å². The third-order valence-electron chi connectivity index (χ3n) is 14.8. The normalized spacial score (nSPS) is 33.1. The molecule has 0 unspecified atom stereocenters. The molecule has 79 heavy (non-hydrogen) atoms. The molecule has 0 radical (unpaired) electrons. The second-order valence-corrected chi connectivity index (χ2v) is 20.8. The summed E-state index contributed by atoms with van der Waals surface area (Å²) in [6.07, 6.45) is 5.22. The molecule has 21 nitrogen and oxygen atoms in total. The van der Waals surface area contributed by atoms with E-state index in [1.807, 2.05) is 6.92 Å². The maximum absolute atomic E-state index is 14.0. The van der Waals surface area contributed by atoms with E-state index in [2.05, 4.69) is 5.32 Å². The zero-order chi connectivity index (χ0) is 59.1. The highest BCUT2D eigenvalue weighted by Gasteiger charge is 2.63. The topological polar surface area (TPSA) is 304 Å². The van der Waals surface area contributed by atoms with Gasteiger partial charge in [-0.15, -0.1) is 0 Å². The predicted molar refractivity (Wildman–Crippen MR) is 292 cm³/mol. The lowest BCUT2D eigenvalue weighted by molar-refractivity contribution is -0.399. The molecular formula is C58H86N2O19. The van der Waals surface area contributed by atoms with Gasteiger partial charge in [0.1, 0.15) is 54.0 Å². The molecule has 0 aliphatic carbocycles. The van der Waals surface area contributed by atoms with Crippen molar-refractivity contribution >= 4 is 11.7 Å². The number of aliphatic hydroxyl groups excluding tert-OH is 6. The maximum Gasteiger partial charge on any atom is 0.265 e. The number of ketones is 1. The van der Waals surface area contributed by atoms with Crippen LogP contribution in [0.25, 0.3) is 0 Å². The van der Waals surface area contributed by atoms with Gasteiger partial charge in [-0.2, -0.15) is 0 Å². The molecule has 1 aromatic rings. The Kier molecular flexibility index (Phi) is 25.6. The highest BCUT2D eigenvalue weighted by molar-refractivity contribution is 6.09. The molecule has 0 spiro atoms. The number of methoxy groups -OCH3 is 3. The standard InChI is InChI=1S/C58H86N2O19/c1-14-16-20-28-40-57(8,9)52(78-55-46(67)49(73-12)48(36(7)76-55)77-56-50(74-13)45(66)44(65)35(6)75-56)51(68)58(71,79-40)37(15-2)53(69)59-30-24-23-26-33(4)47(72-11)34(5)43(64)39(62)27-22-19-17-18-21-25-32(3)42(63)41-38(61)29-31-60(10)54(41)70/h14,16-29,31,34-37,39-40,43-52,55-56,61-62,64-68,71H,15,30H2,1-13H3,(H,59,69)/b16-14-,19-17+,21-18+,24-23+,27-22+,28-20+,32-25+,33-26+/t34-,35-,36-,37+,39-,40-,43-,44-,45+,46-,47+,48-,49+,50+,51+,52-,55+,56-,58+/m0/s1. The molecule has 0 saturated carbocycles. The van der Waals surface area contributed by atoms with E-state index in [0.717, 1.165) is 0 Å². The van der Waals surface area contributed by atoms with E-state index < -0.39 is 144 Å². The number of nitrogens with zero attached hydrogens (tertiary/aromatic N) is 1. The Morgan fingerprint density at radius 3 is 2.13 bits per heavy atom. The second-order valence-electron chi connectivity index (χ2n) is 20.8.